The van der Waals surface area contributed by atoms with Crippen molar-refractivity contribution in [1.29, 1.82) is 0 Å². The van der Waals surface area contributed by atoms with E-state index >= 15 is 0 Å². The van der Waals surface area contributed by atoms with Gasteiger partial charge < -0.3 is 4.48 Å². The van der Waals surface area contributed by atoms with Crippen LogP contribution in [0.3, 0.4) is 0 Å². The second kappa shape index (κ2) is 21.8. The fourth-order valence-electron chi connectivity index (χ4n) is 5.79. The standard InChI is InChI=1S/C30H62N/c1-3-5-7-9-11-13-14-15-16-18-20-22-24-28-31(29-25-26-30-31)27-23-21-19-17-12-10-8-6-4-2/h3-30H2,1-2H3/q+1. The average molecular weight is 437 g/mol. The molecule has 1 nitrogen and oxygen atoms in total. The van der Waals surface area contributed by atoms with E-state index in [1.165, 1.54) is 185 Å². The van der Waals surface area contributed by atoms with Crippen LogP contribution in [0, 0.1) is 0 Å². The van der Waals surface area contributed by atoms with Gasteiger partial charge in [0.05, 0.1) is 26.2 Å². The molecule has 1 aliphatic heterocycles. The van der Waals surface area contributed by atoms with Crippen molar-refractivity contribution in [2.75, 3.05) is 26.2 Å². The Kier molecular flexibility index (Phi) is 20.4. The number of nitrogens with zero attached hydrogens (tertiary/aromatic N) is 1. The van der Waals surface area contributed by atoms with Crippen molar-refractivity contribution in [3.8, 4) is 0 Å². The van der Waals surface area contributed by atoms with Crippen LogP contribution in [0.25, 0.3) is 0 Å². The molecule has 0 amide bonds. The van der Waals surface area contributed by atoms with Crippen molar-refractivity contribution in [3.63, 3.8) is 0 Å². The van der Waals surface area contributed by atoms with Crippen molar-refractivity contribution in [1.82, 2.24) is 0 Å². The summed E-state index contributed by atoms with van der Waals surface area (Å²) in [6, 6.07) is 0. The molecule has 0 radical (unpaired) electrons. The summed E-state index contributed by atoms with van der Waals surface area (Å²) in [6.45, 7) is 10.6. The molecule has 1 fully saturated rings. The molecule has 0 aromatic heterocycles. The summed E-state index contributed by atoms with van der Waals surface area (Å²) in [5.41, 5.74) is 0. The van der Waals surface area contributed by atoms with E-state index in [4.69, 9.17) is 0 Å². The first-order valence-electron chi connectivity index (χ1n) is 15.2. The monoisotopic (exact) mass is 436 g/mol. The number of unbranched alkanes of at least 4 members (excludes halogenated alkanes) is 20. The topological polar surface area (TPSA) is 0 Å². The molecule has 0 saturated carbocycles. The molecule has 0 aromatic rings. The predicted molar refractivity (Wildman–Crippen MR) is 142 cm³/mol. The van der Waals surface area contributed by atoms with Gasteiger partial charge in [-0.3, -0.25) is 0 Å². The first-order valence-corrected chi connectivity index (χ1v) is 15.2. The van der Waals surface area contributed by atoms with Crippen LogP contribution in [-0.2, 0) is 0 Å². The quantitative estimate of drug-likeness (QED) is 0.104. The summed E-state index contributed by atoms with van der Waals surface area (Å²) in [6.07, 6.45) is 35.4. The van der Waals surface area contributed by atoms with E-state index in [1.54, 1.807) is 0 Å². The normalized spacial score (nSPS) is 15.7. The number of hydrogen-bond donors (Lipinski definition) is 0. The van der Waals surface area contributed by atoms with Crippen LogP contribution in [0.4, 0.5) is 0 Å². The lowest BCUT2D eigenvalue weighted by Gasteiger charge is -2.34. The van der Waals surface area contributed by atoms with Crippen molar-refractivity contribution in [2.24, 2.45) is 0 Å². The van der Waals surface area contributed by atoms with Crippen molar-refractivity contribution in [3.05, 3.63) is 0 Å². The Bertz CT molecular complexity index is 344. The molecule has 186 valence electrons. The van der Waals surface area contributed by atoms with E-state index < -0.39 is 0 Å². The van der Waals surface area contributed by atoms with Gasteiger partial charge in [0.2, 0.25) is 0 Å². The van der Waals surface area contributed by atoms with Crippen molar-refractivity contribution >= 4 is 0 Å². The van der Waals surface area contributed by atoms with Gasteiger partial charge in [-0.2, -0.15) is 0 Å². The van der Waals surface area contributed by atoms with Gasteiger partial charge in [-0.1, -0.05) is 129 Å². The number of quaternary nitrogens is 1. The average Bonchev–Trinajstić information content (AvgIpc) is 3.25. The number of hydrogen-bond acceptors (Lipinski definition) is 0. The highest BCUT2D eigenvalue weighted by atomic mass is 15.4. The van der Waals surface area contributed by atoms with Gasteiger partial charge in [-0.05, 0) is 25.7 Å². The third-order valence-corrected chi connectivity index (χ3v) is 7.99. The Balaban J connectivity index is 1.92. The summed E-state index contributed by atoms with van der Waals surface area (Å²) < 4.78 is 1.49. The van der Waals surface area contributed by atoms with Crippen LogP contribution in [-0.4, -0.2) is 30.7 Å². The smallest absolute Gasteiger partial charge is 0.0788 e. The first-order chi connectivity index (χ1) is 15.3. The molecule has 1 saturated heterocycles. The van der Waals surface area contributed by atoms with Gasteiger partial charge in [0.15, 0.2) is 0 Å². The predicted octanol–water partition coefficient (Wildman–Crippen LogP) is 10.2. The maximum atomic E-state index is 2.31. The largest absolute Gasteiger partial charge is 0.324 e. The maximum Gasteiger partial charge on any atom is 0.0788 e. The second-order valence-corrected chi connectivity index (χ2v) is 11.0. The van der Waals surface area contributed by atoms with Crippen LogP contribution in [0.2, 0.25) is 0 Å². The Morgan fingerprint density at radius 2 is 0.613 bits per heavy atom. The highest BCUT2D eigenvalue weighted by Gasteiger charge is 2.30. The highest BCUT2D eigenvalue weighted by Crippen LogP contribution is 2.23. The highest BCUT2D eigenvalue weighted by molar-refractivity contribution is 4.57. The van der Waals surface area contributed by atoms with E-state index in [9.17, 15) is 0 Å². The molecular formula is C30H62N+. The molecule has 31 heavy (non-hydrogen) atoms. The van der Waals surface area contributed by atoms with E-state index in [2.05, 4.69) is 13.8 Å². The van der Waals surface area contributed by atoms with Crippen molar-refractivity contribution in [2.45, 2.75) is 168 Å². The fourth-order valence-corrected chi connectivity index (χ4v) is 5.79. The lowest BCUT2D eigenvalue weighted by molar-refractivity contribution is -0.917. The molecular weight excluding hydrogens is 374 g/mol. The molecule has 0 N–H and O–H groups in total. The van der Waals surface area contributed by atoms with Gasteiger partial charge in [0.25, 0.3) is 0 Å². The van der Waals surface area contributed by atoms with E-state index in [-0.39, 0.29) is 0 Å². The SMILES string of the molecule is CCCCCCCCCCCCCCC[N+]1(CCCCCCCCCCC)CCCC1. The molecule has 0 aliphatic carbocycles. The molecule has 0 spiro atoms. The molecule has 0 unspecified atom stereocenters. The van der Waals surface area contributed by atoms with Gasteiger partial charge in [-0.25, -0.2) is 0 Å². The Labute approximate surface area is 198 Å². The van der Waals surface area contributed by atoms with E-state index in [1.807, 2.05) is 0 Å². The Hall–Kier alpha value is -0.0400. The van der Waals surface area contributed by atoms with Crippen LogP contribution in [0.15, 0.2) is 0 Å². The number of rotatable bonds is 24. The van der Waals surface area contributed by atoms with E-state index in [0.717, 1.165) is 0 Å². The molecule has 1 aliphatic rings. The fraction of sp³-hybridized carbons (Fsp3) is 1.00. The van der Waals surface area contributed by atoms with Gasteiger partial charge in [-0.15, -0.1) is 0 Å². The summed E-state index contributed by atoms with van der Waals surface area (Å²) in [5.74, 6) is 0. The second-order valence-electron chi connectivity index (χ2n) is 11.0. The summed E-state index contributed by atoms with van der Waals surface area (Å²) in [4.78, 5) is 0. The third kappa shape index (κ3) is 17.1. The van der Waals surface area contributed by atoms with Crippen LogP contribution in [0.5, 0.6) is 0 Å². The Morgan fingerprint density at radius 3 is 0.903 bits per heavy atom. The van der Waals surface area contributed by atoms with Crippen LogP contribution >= 0.6 is 0 Å². The third-order valence-electron chi connectivity index (χ3n) is 7.99. The van der Waals surface area contributed by atoms with Crippen LogP contribution in [0.1, 0.15) is 168 Å². The minimum atomic E-state index is 1.37. The summed E-state index contributed by atoms with van der Waals surface area (Å²) in [5, 5.41) is 0. The minimum absolute atomic E-state index is 1.37. The molecule has 1 heterocycles. The van der Waals surface area contributed by atoms with Gasteiger partial charge in [0, 0.05) is 12.8 Å². The zero-order valence-corrected chi connectivity index (χ0v) is 22.2. The van der Waals surface area contributed by atoms with Crippen LogP contribution < -0.4 is 0 Å². The molecule has 1 heteroatoms. The molecule has 1 rings (SSSR count). The van der Waals surface area contributed by atoms with E-state index in [0.29, 0.717) is 0 Å². The lowest BCUT2D eigenvalue weighted by Crippen LogP contribution is -2.46. The van der Waals surface area contributed by atoms with Gasteiger partial charge >= 0.3 is 0 Å². The zero-order valence-electron chi connectivity index (χ0n) is 22.2. The molecule has 0 atom stereocenters. The molecule has 0 aromatic carbocycles. The lowest BCUT2D eigenvalue weighted by atomic mass is 10.0. The summed E-state index contributed by atoms with van der Waals surface area (Å²) >= 11 is 0. The maximum absolute atomic E-state index is 2.31. The van der Waals surface area contributed by atoms with Gasteiger partial charge in [0.1, 0.15) is 0 Å². The first kappa shape index (κ1) is 29.0. The number of likely N-dealkylation sites (tertiary alicyclic amines) is 1. The minimum Gasteiger partial charge on any atom is -0.324 e. The Morgan fingerprint density at radius 1 is 0.355 bits per heavy atom. The zero-order chi connectivity index (χ0) is 22.3. The van der Waals surface area contributed by atoms with Crippen molar-refractivity contribution < 1.29 is 4.48 Å². The molecule has 0 bridgehead atoms. The summed E-state index contributed by atoms with van der Waals surface area (Å²) in [7, 11) is 0.